The zero-order valence-corrected chi connectivity index (χ0v) is 11.6. The van der Waals surface area contributed by atoms with Crippen molar-refractivity contribution in [3.8, 4) is 0 Å². The average Bonchev–Trinajstić information content (AvgIpc) is 2.27. The van der Waals surface area contributed by atoms with E-state index in [2.05, 4.69) is 23.5 Å². The van der Waals surface area contributed by atoms with Gasteiger partial charge < -0.3 is 9.64 Å². The molecule has 0 fully saturated rings. The molecule has 0 spiro atoms. The number of hydrogen-bond acceptors (Lipinski definition) is 3. The third-order valence-corrected chi connectivity index (χ3v) is 2.52. The van der Waals surface area contributed by atoms with E-state index in [1.165, 1.54) is 32.8 Å². The van der Waals surface area contributed by atoms with Gasteiger partial charge in [0.15, 0.2) is 0 Å². The maximum Gasteiger partial charge on any atom is 0.306 e. The molecule has 0 atom stereocenters. The third kappa shape index (κ3) is 10.2. The smallest absolute Gasteiger partial charge is 0.306 e. The molecule has 98 valence electrons. The number of methoxy groups -OCH3 is 1. The van der Waals surface area contributed by atoms with E-state index in [0.29, 0.717) is 6.42 Å². The fourth-order valence-electron chi connectivity index (χ4n) is 1.45. The van der Waals surface area contributed by atoms with Crippen molar-refractivity contribution >= 4 is 18.4 Å². The van der Waals surface area contributed by atoms with Crippen molar-refractivity contribution in [2.24, 2.45) is 0 Å². The second kappa shape index (κ2) is 12.8. The molecule has 0 heterocycles. The van der Waals surface area contributed by atoms with Gasteiger partial charge in [0.05, 0.1) is 13.5 Å². The summed E-state index contributed by atoms with van der Waals surface area (Å²) in [5, 5.41) is 0. The van der Waals surface area contributed by atoms with E-state index in [9.17, 15) is 4.79 Å². The van der Waals surface area contributed by atoms with Crippen LogP contribution in [-0.4, -0.2) is 37.6 Å². The normalized spacial score (nSPS) is 10.0. The molecule has 0 bridgehead atoms. The molecule has 0 aliphatic rings. The lowest BCUT2D eigenvalue weighted by Gasteiger charge is -2.21. The van der Waals surface area contributed by atoms with Gasteiger partial charge in [0.25, 0.3) is 0 Å². The van der Waals surface area contributed by atoms with Crippen LogP contribution in [0.15, 0.2) is 0 Å². The van der Waals surface area contributed by atoms with Crippen molar-refractivity contribution in [1.82, 2.24) is 4.90 Å². The summed E-state index contributed by atoms with van der Waals surface area (Å²) in [5.41, 5.74) is 0. The Bertz CT molecular complexity index is 157. The van der Waals surface area contributed by atoms with E-state index < -0.39 is 0 Å². The zero-order valence-electron chi connectivity index (χ0n) is 10.8. The van der Waals surface area contributed by atoms with Gasteiger partial charge in [-0.15, -0.1) is 12.4 Å². The highest BCUT2D eigenvalue weighted by Gasteiger charge is 2.07. The van der Waals surface area contributed by atoms with Crippen LogP contribution in [0.5, 0.6) is 0 Å². The molecule has 0 radical (unpaired) electrons. The molecule has 0 saturated carbocycles. The summed E-state index contributed by atoms with van der Waals surface area (Å²) in [5.74, 6) is -0.104. The first kappa shape index (κ1) is 18.1. The summed E-state index contributed by atoms with van der Waals surface area (Å²) in [6, 6.07) is 0. The second-order valence-electron chi connectivity index (χ2n) is 3.87. The molecule has 0 N–H and O–H groups in total. The highest BCUT2D eigenvalue weighted by atomic mass is 35.5. The van der Waals surface area contributed by atoms with Crippen molar-refractivity contribution in [1.29, 1.82) is 0 Å². The molecule has 0 saturated heterocycles. The van der Waals surface area contributed by atoms with Crippen LogP contribution in [0.25, 0.3) is 0 Å². The Morgan fingerprint density at radius 1 is 1.06 bits per heavy atom. The topological polar surface area (TPSA) is 29.5 Å². The summed E-state index contributed by atoms with van der Waals surface area (Å²) in [4.78, 5) is 13.4. The lowest BCUT2D eigenvalue weighted by Crippen LogP contribution is -2.28. The van der Waals surface area contributed by atoms with E-state index in [-0.39, 0.29) is 18.4 Å². The van der Waals surface area contributed by atoms with Crippen molar-refractivity contribution in [2.75, 3.05) is 26.7 Å². The van der Waals surface area contributed by atoms with Gasteiger partial charge in [0.2, 0.25) is 0 Å². The zero-order chi connectivity index (χ0) is 11.5. The summed E-state index contributed by atoms with van der Waals surface area (Å²) < 4.78 is 4.64. The third-order valence-electron chi connectivity index (χ3n) is 2.52. The molecule has 0 amide bonds. The summed E-state index contributed by atoms with van der Waals surface area (Å²) in [7, 11) is 1.45. The van der Waals surface area contributed by atoms with Crippen LogP contribution in [0.1, 0.15) is 46.0 Å². The molecule has 4 heteroatoms. The summed E-state index contributed by atoms with van der Waals surface area (Å²) in [6.45, 7) is 7.43. The van der Waals surface area contributed by atoms with E-state index in [0.717, 1.165) is 19.6 Å². The number of ether oxygens (including phenoxy) is 1. The predicted octanol–water partition coefficient (Wildman–Crippen LogP) is 2.87. The second-order valence-corrected chi connectivity index (χ2v) is 3.87. The van der Waals surface area contributed by atoms with Crippen LogP contribution in [0, 0.1) is 0 Å². The van der Waals surface area contributed by atoms with E-state index in [1.807, 2.05) is 0 Å². The average molecular weight is 252 g/mol. The van der Waals surface area contributed by atoms with Crippen LogP contribution >= 0.6 is 12.4 Å². The standard InChI is InChI=1S/C12H25NO2.ClH/c1-4-6-9-13(10-7-5-2)11-8-12(14)15-3;/h4-11H2,1-3H3;1H. The fourth-order valence-corrected chi connectivity index (χ4v) is 1.45. The number of unbranched alkanes of at least 4 members (excludes halogenated alkanes) is 2. The van der Waals surface area contributed by atoms with Crippen LogP contribution in [0.2, 0.25) is 0 Å². The van der Waals surface area contributed by atoms with E-state index in [1.54, 1.807) is 0 Å². The van der Waals surface area contributed by atoms with Gasteiger partial charge in [-0.05, 0) is 25.9 Å². The molecule has 3 nitrogen and oxygen atoms in total. The van der Waals surface area contributed by atoms with Crippen LogP contribution < -0.4 is 0 Å². The van der Waals surface area contributed by atoms with Gasteiger partial charge >= 0.3 is 5.97 Å². The van der Waals surface area contributed by atoms with Gasteiger partial charge in [-0.2, -0.15) is 0 Å². The predicted molar refractivity (Wildman–Crippen MR) is 70.1 cm³/mol. The van der Waals surface area contributed by atoms with Crippen molar-refractivity contribution in [3.05, 3.63) is 0 Å². The number of esters is 1. The van der Waals surface area contributed by atoms with E-state index >= 15 is 0 Å². The van der Waals surface area contributed by atoms with Gasteiger partial charge in [-0.1, -0.05) is 26.7 Å². The molecule has 0 unspecified atom stereocenters. The number of nitrogens with zero attached hydrogens (tertiary/aromatic N) is 1. The molecule has 0 aliphatic heterocycles. The summed E-state index contributed by atoms with van der Waals surface area (Å²) in [6.07, 6.45) is 5.36. The van der Waals surface area contributed by atoms with Gasteiger partial charge in [-0.25, -0.2) is 0 Å². The Kier molecular flexibility index (Phi) is 14.5. The maximum absolute atomic E-state index is 11.0. The molecule has 0 aromatic carbocycles. The quantitative estimate of drug-likeness (QED) is 0.590. The van der Waals surface area contributed by atoms with Gasteiger partial charge in [-0.3, -0.25) is 4.79 Å². The Morgan fingerprint density at radius 3 is 1.94 bits per heavy atom. The highest BCUT2D eigenvalue weighted by molar-refractivity contribution is 5.85. The monoisotopic (exact) mass is 251 g/mol. The Morgan fingerprint density at radius 2 is 1.56 bits per heavy atom. The molecule has 0 rings (SSSR count). The first-order valence-electron chi connectivity index (χ1n) is 6.03. The number of carbonyl (C=O) groups is 1. The Balaban J connectivity index is 0. The van der Waals surface area contributed by atoms with Crippen LogP contribution in [-0.2, 0) is 9.53 Å². The number of hydrogen-bond donors (Lipinski definition) is 0. The van der Waals surface area contributed by atoms with E-state index in [4.69, 9.17) is 0 Å². The molecule has 0 aromatic heterocycles. The minimum Gasteiger partial charge on any atom is -0.469 e. The van der Waals surface area contributed by atoms with Crippen LogP contribution in [0.3, 0.4) is 0 Å². The largest absolute Gasteiger partial charge is 0.469 e. The highest BCUT2D eigenvalue weighted by Crippen LogP contribution is 2.01. The number of carbonyl (C=O) groups excluding carboxylic acids is 1. The first-order chi connectivity index (χ1) is 7.24. The molecule has 16 heavy (non-hydrogen) atoms. The number of halogens is 1. The fraction of sp³-hybridized carbons (Fsp3) is 0.917. The molecule has 0 aromatic rings. The minimum absolute atomic E-state index is 0. The molecular weight excluding hydrogens is 226 g/mol. The van der Waals surface area contributed by atoms with Crippen LogP contribution in [0.4, 0.5) is 0 Å². The summed E-state index contributed by atoms with van der Waals surface area (Å²) >= 11 is 0. The van der Waals surface area contributed by atoms with Gasteiger partial charge in [0, 0.05) is 6.54 Å². The number of rotatable bonds is 9. The lowest BCUT2D eigenvalue weighted by molar-refractivity contribution is -0.141. The van der Waals surface area contributed by atoms with Crippen molar-refractivity contribution in [2.45, 2.75) is 46.0 Å². The molecule has 0 aliphatic carbocycles. The van der Waals surface area contributed by atoms with Crippen molar-refractivity contribution < 1.29 is 9.53 Å². The Labute approximate surface area is 106 Å². The maximum atomic E-state index is 11.0. The van der Waals surface area contributed by atoms with Gasteiger partial charge in [0.1, 0.15) is 0 Å². The SMILES string of the molecule is CCCCN(CCCC)CCC(=O)OC.Cl. The molecular formula is C12H26ClNO2. The Hall–Kier alpha value is -0.280. The minimum atomic E-state index is -0.104. The lowest BCUT2D eigenvalue weighted by atomic mass is 10.2. The van der Waals surface area contributed by atoms with Crippen molar-refractivity contribution in [3.63, 3.8) is 0 Å². The first-order valence-corrected chi connectivity index (χ1v) is 6.03.